The van der Waals surface area contributed by atoms with Crippen LogP contribution in [0.5, 0.6) is 0 Å². The summed E-state index contributed by atoms with van der Waals surface area (Å²) in [5.74, 6) is 1.04. The van der Waals surface area contributed by atoms with Gasteiger partial charge in [0.05, 0.1) is 11.2 Å². The minimum absolute atomic E-state index is 0.00420. The van der Waals surface area contributed by atoms with Crippen molar-refractivity contribution < 1.29 is 19.1 Å². The highest BCUT2D eigenvalue weighted by Crippen LogP contribution is 2.17. The Balaban J connectivity index is 4.02. The van der Waals surface area contributed by atoms with Crippen LogP contribution in [0, 0.1) is 17.8 Å². The van der Waals surface area contributed by atoms with Gasteiger partial charge < -0.3 is 20.1 Å². The third-order valence-corrected chi connectivity index (χ3v) is 5.70. The fourth-order valence-electron chi connectivity index (χ4n) is 3.02. The Hall–Kier alpha value is -1.14. The Bertz CT molecular complexity index is 530. The molecule has 0 fully saturated rings. The van der Waals surface area contributed by atoms with Gasteiger partial charge in [0.25, 0.3) is 0 Å². The van der Waals surface area contributed by atoms with Crippen LogP contribution in [-0.4, -0.2) is 49.3 Å². The first-order valence-electron chi connectivity index (χ1n) is 12.6. The molecule has 190 valence electrons. The summed E-state index contributed by atoms with van der Waals surface area (Å²) in [5.41, 5.74) is -0.501. The Kier molecular flexibility index (Phi) is 15.1. The maximum Gasteiger partial charge on any atom is 0.222 e. The second-order valence-corrected chi connectivity index (χ2v) is 11.2. The van der Waals surface area contributed by atoms with E-state index < -0.39 is 0 Å². The molecule has 0 heterocycles. The molecule has 0 spiro atoms. The van der Waals surface area contributed by atoms with Crippen LogP contribution in [0.25, 0.3) is 0 Å². The summed E-state index contributed by atoms with van der Waals surface area (Å²) in [6.07, 6.45) is 4.50. The summed E-state index contributed by atoms with van der Waals surface area (Å²) >= 11 is 0. The lowest BCUT2D eigenvalue weighted by molar-refractivity contribution is -0.125. The minimum atomic E-state index is -0.252. The van der Waals surface area contributed by atoms with Gasteiger partial charge in [-0.15, -0.1) is 0 Å². The number of amides is 2. The van der Waals surface area contributed by atoms with Crippen molar-refractivity contribution in [2.24, 2.45) is 17.8 Å². The smallest absolute Gasteiger partial charge is 0.222 e. The summed E-state index contributed by atoms with van der Waals surface area (Å²) in [6.45, 7) is 21.5. The van der Waals surface area contributed by atoms with Crippen molar-refractivity contribution >= 4 is 11.8 Å². The summed E-state index contributed by atoms with van der Waals surface area (Å²) in [5, 5.41) is 5.94. The molecule has 0 radical (unpaired) electrons. The van der Waals surface area contributed by atoms with Gasteiger partial charge in [0, 0.05) is 38.6 Å². The number of nitrogens with one attached hydrogen (secondary N) is 2. The van der Waals surface area contributed by atoms with E-state index in [4.69, 9.17) is 9.47 Å². The zero-order valence-corrected chi connectivity index (χ0v) is 22.4. The zero-order valence-electron chi connectivity index (χ0n) is 22.4. The van der Waals surface area contributed by atoms with Crippen molar-refractivity contribution in [3.05, 3.63) is 0 Å². The molecule has 0 aromatic rings. The largest absolute Gasteiger partial charge is 0.375 e. The van der Waals surface area contributed by atoms with Gasteiger partial charge in [-0.25, -0.2) is 0 Å². The van der Waals surface area contributed by atoms with Crippen molar-refractivity contribution in [3.8, 4) is 0 Å². The fraction of sp³-hybridized carbons (Fsp3) is 0.923. The van der Waals surface area contributed by atoms with Crippen molar-refractivity contribution in [1.82, 2.24) is 10.6 Å². The molecular weight excluding hydrogens is 404 g/mol. The first-order chi connectivity index (χ1) is 14.7. The molecule has 2 amide bonds. The molecule has 2 N–H and O–H groups in total. The molecule has 1 atom stereocenters. The van der Waals surface area contributed by atoms with Gasteiger partial charge in [-0.3, -0.25) is 9.59 Å². The van der Waals surface area contributed by atoms with Crippen LogP contribution in [0.4, 0.5) is 0 Å². The molecule has 6 nitrogen and oxygen atoms in total. The van der Waals surface area contributed by atoms with E-state index in [2.05, 4.69) is 66.0 Å². The van der Waals surface area contributed by atoms with Gasteiger partial charge in [0.1, 0.15) is 0 Å². The number of hydrogen-bond acceptors (Lipinski definition) is 4. The lowest BCUT2D eigenvalue weighted by atomic mass is 10.0. The number of ether oxygens (including phenoxy) is 2. The average molecular weight is 457 g/mol. The second kappa shape index (κ2) is 15.7. The van der Waals surface area contributed by atoms with Gasteiger partial charge in [-0.1, -0.05) is 34.6 Å². The molecule has 32 heavy (non-hydrogen) atoms. The predicted octanol–water partition coefficient (Wildman–Crippen LogP) is 5.10. The van der Waals surface area contributed by atoms with E-state index in [1.165, 1.54) is 0 Å². The highest BCUT2D eigenvalue weighted by atomic mass is 16.5. The molecule has 0 saturated heterocycles. The summed E-state index contributed by atoms with van der Waals surface area (Å²) < 4.78 is 11.9. The summed E-state index contributed by atoms with van der Waals surface area (Å²) in [4.78, 5) is 24.5. The lowest BCUT2D eigenvalue weighted by Crippen LogP contribution is -2.36. The number of carbonyl (C=O) groups is 2. The van der Waals surface area contributed by atoms with Crippen LogP contribution in [0.15, 0.2) is 0 Å². The van der Waals surface area contributed by atoms with Gasteiger partial charge in [0.2, 0.25) is 11.8 Å². The number of rotatable bonds is 18. The van der Waals surface area contributed by atoms with Crippen LogP contribution >= 0.6 is 0 Å². The second-order valence-electron chi connectivity index (χ2n) is 11.2. The van der Waals surface area contributed by atoms with Crippen molar-refractivity contribution in [3.63, 3.8) is 0 Å². The van der Waals surface area contributed by atoms with E-state index in [1.54, 1.807) is 0 Å². The van der Waals surface area contributed by atoms with Gasteiger partial charge in [0.15, 0.2) is 0 Å². The maximum atomic E-state index is 12.3. The minimum Gasteiger partial charge on any atom is -0.375 e. The van der Waals surface area contributed by atoms with Crippen LogP contribution in [-0.2, 0) is 19.1 Å². The van der Waals surface area contributed by atoms with E-state index in [0.717, 1.165) is 38.9 Å². The molecule has 0 unspecified atom stereocenters. The van der Waals surface area contributed by atoms with Gasteiger partial charge in [-0.05, 0) is 71.6 Å². The highest BCUT2D eigenvalue weighted by molar-refractivity contribution is 5.80. The quantitative estimate of drug-likeness (QED) is 0.301. The lowest BCUT2D eigenvalue weighted by Gasteiger charge is -2.26. The van der Waals surface area contributed by atoms with Gasteiger partial charge >= 0.3 is 0 Å². The monoisotopic (exact) mass is 456 g/mol. The molecule has 0 bridgehead atoms. The van der Waals surface area contributed by atoms with Crippen molar-refractivity contribution in [2.45, 2.75) is 112 Å². The Morgan fingerprint density at radius 1 is 0.719 bits per heavy atom. The Labute approximate surface area is 198 Å². The fourth-order valence-corrected chi connectivity index (χ4v) is 3.02. The van der Waals surface area contributed by atoms with E-state index in [1.807, 2.05) is 6.92 Å². The number of hydrogen-bond donors (Lipinski definition) is 2. The third kappa shape index (κ3) is 17.4. The average Bonchev–Trinajstić information content (AvgIpc) is 2.64. The molecule has 0 aliphatic heterocycles. The maximum absolute atomic E-state index is 12.3. The summed E-state index contributed by atoms with van der Waals surface area (Å²) in [7, 11) is 0. The first-order valence-corrected chi connectivity index (χ1v) is 12.6. The predicted molar refractivity (Wildman–Crippen MR) is 133 cm³/mol. The first kappa shape index (κ1) is 30.9. The van der Waals surface area contributed by atoms with Crippen LogP contribution < -0.4 is 10.6 Å². The molecule has 6 heteroatoms. The van der Waals surface area contributed by atoms with E-state index in [9.17, 15) is 9.59 Å². The topological polar surface area (TPSA) is 76.7 Å². The van der Waals surface area contributed by atoms with Crippen molar-refractivity contribution in [2.75, 3.05) is 26.3 Å². The van der Waals surface area contributed by atoms with E-state index >= 15 is 0 Å². The van der Waals surface area contributed by atoms with E-state index in [-0.39, 0.29) is 28.9 Å². The molecule has 0 aromatic heterocycles. The molecule has 0 saturated carbocycles. The van der Waals surface area contributed by atoms with Gasteiger partial charge in [-0.2, -0.15) is 0 Å². The Morgan fingerprint density at radius 3 is 1.59 bits per heavy atom. The molecule has 0 rings (SSSR count). The molecule has 0 aliphatic rings. The molecule has 0 aromatic carbocycles. The molecule has 0 aliphatic carbocycles. The molecular formula is C26H52N2O4. The Morgan fingerprint density at radius 2 is 1.16 bits per heavy atom. The zero-order chi connectivity index (χ0) is 24.8. The van der Waals surface area contributed by atoms with Crippen molar-refractivity contribution in [1.29, 1.82) is 0 Å². The third-order valence-electron chi connectivity index (χ3n) is 5.70. The standard InChI is InChI=1S/C26H52N2O4/c1-20(2)12-18-31-25(6,7)14-16-27-23(29)11-10-22(5)24(30)28-17-15-26(8,9)32-19-13-21(3)4/h20-22H,10-19H2,1-9H3,(H,27,29)(H,28,30)/t22-/m0/s1. The highest BCUT2D eigenvalue weighted by Gasteiger charge is 2.21. The van der Waals surface area contributed by atoms with E-state index in [0.29, 0.717) is 37.8 Å². The van der Waals surface area contributed by atoms with Crippen LogP contribution in [0.3, 0.4) is 0 Å². The van der Waals surface area contributed by atoms with Crippen LogP contribution in [0.2, 0.25) is 0 Å². The van der Waals surface area contributed by atoms with Crippen LogP contribution in [0.1, 0.15) is 101 Å². The SMILES string of the molecule is CC(C)CCOC(C)(C)CCNC(=O)CC[C@H](C)C(=O)NCCC(C)(C)OCCC(C)C. The number of carbonyl (C=O) groups excluding carboxylic acids is 2. The normalized spacial score (nSPS) is 13.5. The summed E-state index contributed by atoms with van der Waals surface area (Å²) in [6, 6.07) is 0.